The van der Waals surface area contributed by atoms with Gasteiger partial charge in [0.2, 0.25) is 5.91 Å². The second kappa shape index (κ2) is 6.13. The Balaban J connectivity index is 2.24. The summed E-state index contributed by atoms with van der Waals surface area (Å²) in [5, 5.41) is 1.28. The number of halogens is 1. The molecule has 1 heterocycles. The molecule has 0 fully saturated rings. The van der Waals surface area contributed by atoms with Gasteiger partial charge in [0.15, 0.2) is 5.78 Å². The maximum Gasteiger partial charge on any atom is 0.248 e. The van der Waals surface area contributed by atoms with Gasteiger partial charge in [0.25, 0.3) is 0 Å². The van der Waals surface area contributed by atoms with E-state index >= 15 is 0 Å². The van der Waals surface area contributed by atoms with Crippen molar-refractivity contribution >= 4 is 34.2 Å². The van der Waals surface area contributed by atoms with E-state index < -0.39 is 5.91 Å². The first-order valence-electron chi connectivity index (χ1n) is 7.64. The van der Waals surface area contributed by atoms with Crippen molar-refractivity contribution < 1.29 is 9.59 Å². The Morgan fingerprint density at radius 2 is 1.83 bits per heavy atom. The second-order valence-corrected chi connectivity index (χ2v) is 6.39. The summed E-state index contributed by atoms with van der Waals surface area (Å²) < 4.78 is 1.87. The average Bonchev–Trinajstić information content (AvgIpc) is 2.93. The Morgan fingerprint density at radius 3 is 2.46 bits per heavy atom. The molecule has 0 bridgehead atoms. The number of para-hydroxylation sites is 1. The molecule has 0 aliphatic carbocycles. The molecule has 122 valence electrons. The summed E-state index contributed by atoms with van der Waals surface area (Å²) in [6.07, 6.45) is 1.80. The van der Waals surface area contributed by atoms with E-state index in [4.69, 9.17) is 17.3 Å². The van der Waals surface area contributed by atoms with E-state index in [1.807, 2.05) is 42.7 Å². The lowest BCUT2D eigenvalue weighted by Crippen LogP contribution is -2.11. The molecule has 1 amide bonds. The minimum Gasteiger partial charge on any atom is -0.366 e. The SMILES string of the molecule is CC(C)C(=O)c1cn(-c2ccc(C(N)=O)cc2Cl)c2ccccc12. The lowest BCUT2D eigenvalue weighted by molar-refractivity contribution is 0.0940. The minimum absolute atomic E-state index is 0.0785. The normalized spacial score (nSPS) is 11.2. The maximum atomic E-state index is 12.5. The van der Waals surface area contributed by atoms with Crippen molar-refractivity contribution in [1.82, 2.24) is 4.57 Å². The van der Waals surface area contributed by atoms with Crippen LogP contribution in [0.25, 0.3) is 16.6 Å². The fraction of sp³-hybridized carbons (Fsp3) is 0.158. The maximum absolute atomic E-state index is 12.5. The predicted molar refractivity (Wildman–Crippen MR) is 96.0 cm³/mol. The van der Waals surface area contributed by atoms with E-state index in [1.165, 1.54) is 6.07 Å². The first kappa shape index (κ1) is 16.3. The van der Waals surface area contributed by atoms with Crippen LogP contribution in [0.5, 0.6) is 0 Å². The van der Waals surface area contributed by atoms with E-state index in [2.05, 4.69) is 0 Å². The third kappa shape index (κ3) is 2.69. The fourth-order valence-corrected chi connectivity index (χ4v) is 3.01. The highest BCUT2D eigenvalue weighted by atomic mass is 35.5. The van der Waals surface area contributed by atoms with Crippen LogP contribution in [0.15, 0.2) is 48.7 Å². The number of ketones is 1. The van der Waals surface area contributed by atoms with Crippen LogP contribution in [0.3, 0.4) is 0 Å². The van der Waals surface area contributed by atoms with Gasteiger partial charge < -0.3 is 10.3 Å². The summed E-state index contributed by atoms with van der Waals surface area (Å²) in [7, 11) is 0. The van der Waals surface area contributed by atoms with Crippen molar-refractivity contribution in [2.45, 2.75) is 13.8 Å². The third-order valence-corrected chi connectivity index (χ3v) is 4.30. The van der Waals surface area contributed by atoms with Gasteiger partial charge in [-0.3, -0.25) is 9.59 Å². The zero-order chi connectivity index (χ0) is 17.4. The quantitative estimate of drug-likeness (QED) is 0.722. The molecule has 0 unspecified atom stereocenters. The van der Waals surface area contributed by atoms with Gasteiger partial charge in [0.1, 0.15) is 0 Å². The number of benzene rings is 2. The summed E-state index contributed by atoms with van der Waals surface area (Å²) in [6, 6.07) is 12.6. The van der Waals surface area contributed by atoms with Crippen LogP contribution < -0.4 is 5.73 Å². The van der Waals surface area contributed by atoms with Gasteiger partial charge in [-0.15, -0.1) is 0 Å². The van der Waals surface area contributed by atoms with Crippen LogP contribution in [0.4, 0.5) is 0 Å². The lowest BCUT2D eigenvalue weighted by Gasteiger charge is -2.08. The molecule has 2 N–H and O–H groups in total. The number of nitrogens with two attached hydrogens (primary N) is 1. The zero-order valence-electron chi connectivity index (χ0n) is 13.4. The van der Waals surface area contributed by atoms with Gasteiger partial charge in [-0.05, 0) is 24.3 Å². The van der Waals surface area contributed by atoms with E-state index in [9.17, 15) is 9.59 Å². The number of amides is 1. The number of rotatable bonds is 4. The van der Waals surface area contributed by atoms with Crippen molar-refractivity contribution in [3.8, 4) is 5.69 Å². The molecule has 0 aliphatic rings. The summed E-state index contributed by atoms with van der Waals surface area (Å²) in [4.78, 5) is 23.8. The number of fused-ring (bicyclic) bond motifs is 1. The molecular formula is C19H17ClN2O2. The van der Waals surface area contributed by atoms with Crippen LogP contribution in [-0.4, -0.2) is 16.3 Å². The average molecular weight is 341 g/mol. The van der Waals surface area contributed by atoms with Gasteiger partial charge in [-0.1, -0.05) is 43.6 Å². The number of primary amides is 1. The molecule has 0 aliphatic heterocycles. The Labute approximate surface area is 144 Å². The van der Waals surface area contributed by atoms with E-state index in [0.717, 1.165) is 10.9 Å². The lowest BCUT2D eigenvalue weighted by atomic mass is 10.0. The Kier molecular flexibility index (Phi) is 4.16. The van der Waals surface area contributed by atoms with E-state index in [0.29, 0.717) is 21.8 Å². The highest BCUT2D eigenvalue weighted by Gasteiger charge is 2.19. The summed E-state index contributed by atoms with van der Waals surface area (Å²) >= 11 is 6.35. The van der Waals surface area contributed by atoms with Gasteiger partial charge >= 0.3 is 0 Å². The largest absolute Gasteiger partial charge is 0.366 e. The fourth-order valence-electron chi connectivity index (χ4n) is 2.74. The highest BCUT2D eigenvalue weighted by Crippen LogP contribution is 2.30. The van der Waals surface area contributed by atoms with E-state index in [1.54, 1.807) is 18.3 Å². The number of nitrogens with zero attached hydrogens (tertiary/aromatic N) is 1. The van der Waals surface area contributed by atoms with Crippen molar-refractivity contribution in [2.75, 3.05) is 0 Å². The summed E-state index contributed by atoms with van der Waals surface area (Å²) in [5.41, 5.74) is 7.88. The third-order valence-electron chi connectivity index (χ3n) is 3.99. The number of hydrogen-bond donors (Lipinski definition) is 1. The van der Waals surface area contributed by atoms with Crippen LogP contribution in [0.1, 0.15) is 34.6 Å². The molecule has 24 heavy (non-hydrogen) atoms. The molecule has 4 nitrogen and oxygen atoms in total. The predicted octanol–water partition coefficient (Wildman–Crippen LogP) is 4.22. The molecular weight excluding hydrogens is 324 g/mol. The first-order valence-corrected chi connectivity index (χ1v) is 8.02. The standard InChI is InChI=1S/C19H17ClN2O2/c1-11(2)18(23)14-10-22(16-6-4-3-5-13(14)16)17-8-7-12(19(21)24)9-15(17)20/h3-11H,1-2H3,(H2,21,24). The summed E-state index contributed by atoms with van der Waals surface area (Å²) in [5.74, 6) is -0.553. The van der Waals surface area contributed by atoms with Crippen molar-refractivity contribution in [3.05, 3.63) is 64.8 Å². The Bertz CT molecular complexity index is 957. The monoisotopic (exact) mass is 340 g/mol. The Hall–Kier alpha value is -2.59. The van der Waals surface area contributed by atoms with Crippen LogP contribution in [0.2, 0.25) is 5.02 Å². The smallest absolute Gasteiger partial charge is 0.248 e. The van der Waals surface area contributed by atoms with Gasteiger partial charge in [-0.25, -0.2) is 0 Å². The van der Waals surface area contributed by atoms with Crippen molar-refractivity contribution in [3.63, 3.8) is 0 Å². The van der Waals surface area contributed by atoms with Gasteiger partial charge in [0, 0.05) is 28.6 Å². The molecule has 0 atom stereocenters. The highest BCUT2D eigenvalue weighted by molar-refractivity contribution is 6.33. The number of hydrogen-bond acceptors (Lipinski definition) is 2. The second-order valence-electron chi connectivity index (χ2n) is 5.98. The van der Waals surface area contributed by atoms with Crippen LogP contribution >= 0.6 is 11.6 Å². The van der Waals surface area contributed by atoms with Crippen LogP contribution in [0, 0.1) is 5.92 Å². The number of carbonyl (C=O) groups excluding carboxylic acids is 2. The molecule has 0 saturated heterocycles. The number of aromatic nitrogens is 1. The molecule has 5 heteroatoms. The van der Waals surface area contributed by atoms with E-state index in [-0.39, 0.29) is 11.7 Å². The first-order chi connectivity index (χ1) is 11.4. The Morgan fingerprint density at radius 1 is 1.12 bits per heavy atom. The van der Waals surface area contributed by atoms with Gasteiger partial charge in [-0.2, -0.15) is 0 Å². The molecule has 0 radical (unpaired) electrons. The molecule has 0 saturated carbocycles. The number of carbonyl (C=O) groups is 2. The molecule has 0 spiro atoms. The van der Waals surface area contributed by atoms with Gasteiger partial charge in [0.05, 0.1) is 16.2 Å². The number of Topliss-reactive ketones (excluding diaryl/α,β-unsaturated/α-hetero) is 1. The van der Waals surface area contributed by atoms with Crippen LogP contribution in [-0.2, 0) is 0 Å². The minimum atomic E-state index is -0.531. The zero-order valence-corrected chi connectivity index (χ0v) is 14.2. The summed E-state index contributed by atoms with van der Waals surface area (Å²) in [6.45, 7) is 3.76. The molecule has 3 aromatic rings. The van der Waals surface area contributed by atoms with Crippen molar-refractivity contribution in [2.24, 2.45) is 11.7 Å². The molecule has 2 aromatic carbocycles. The van der Waals surface area contributed by atoms with Crippen molar-refractivity contribution in [1.29, 1.82) is 0 Å². The molecule has 1 aromatic heterocycles. The topological polar surface area (TPSA) is 65.1 Å². The molecule has 3 rings (SSSR count).